The van der Waals surface area contributed by atoms with Crippen LogP contribution in [-0.2, 0) is 10.7 Å². The topological polar surface area (TPSA) is 38.3 Å². The van der Waals surface area contributed by atoms with Crippen LogP contribution in [0.5, 0.6) is 5.75 Å². The summed E-state index contributed by atoms with van der Waals surface area (Å²) in [7, 11) is 0. The lowest BCUT2D eigenvalue weighted by molar-refractivity contribution is -0.116. The first-order valence-corrected chi connectivity index (χ1v) is 7.35. The van der Waals surface area contributed by atoms with E-state index in [0.717, 1.165) is 22.6 Å². The molecule has 0 aromatic heterocycles. The fourth-order valence-electron chi connectivity index (χ4n) is 1.87. The first-order valence-electron chi connectivity index (χ1n) is 6.81. The summed E-state index contributed by atoms with van der Waals surface area (Å²) in [5.41, 5.74) is 2.93. The minimum absolute atomic E-state index is 0.0683. The van der Waals surface area contributed by atoms with Crippen molar-refractivity contribution in [2.24, 2.45) is 0 Å². The van der Waals surface area contributed by atoms with Gasteiger partial charge in [-0.15, -0.1) is 11.6 Å². The van der Waals surface area contributed by atoms with Gasteiger partial charge in [-0.25, -0.2) is 0 Å². The Bertz CT molecular complexity index is 596. The minimum Gasteiger partial charge on any atom is -0.493 e. The van der Waals surface area contributed by atoms with Gasteiger partial charge >= 0.3 is 0 Å². The molecule has 0 spiro atoms. The highest BCUT2D eigenvalue weighted by Gasteiger charge is 2.03. The minimum atomic E-state index is -0.0683. The van der Waals surface area contributed by atoms with Crippen LogP contribution in [0.4, 0.5) is 5.69 Å². The Morgan fingerprint density at radius 2 is 1.95 bits per heavy atom. The zero-order valence-corrected chi connectivity index (χ0v) is 12.7. The second kappa shape index (κ2) is 7.70. The third-order valence-electron chi connectivity index (χ3n) is 2.98. The van der Waals surface area contributed by atoms with Crippen molar-refractivity contribution in [1.82, 2.24) is 0 Å². The Balaban J connectivity index is 1.76. The Morgan fingerprint density at radius 1 is 1.19 bits per heavy atom. The standard InChI is InChI=1S/C17H18ClNO2/c1-13-3-2-4-16(11-13)21-10-9-17(20)19-15-7-5-14(12-18)6-8-15/h2-8,11H,9-10,12H2,1H3,(H,19,20). The van der Waals surface area contributed by atoms with Crippen LogP contribution < -0.4 is 10.1 Å². The van der Waals surface area contributed by atoms with Crippen molar-refractivity contribution < 1.29 is 9.53 Å². The quantitative estimate of drug-likeness (QED) is 0.814. The molecule has 0 bridgehead atoms. The van der Waals surface area contributed by atoms with Gasteiger partial charge in [-0.05, 0) is 42.3 Å². The summed E-state index contributed by atoms with van der Waals surface area (Å²) in [6.07, 6.45) is 0.311. The normalized spacial score (nSPS) is 10.2. The number of rotatable bonds is 6. The number of alkyl halides is 1. The Morgan fingerprint density at radius 3 is 2.62 bits per heavy atom. The largest absolute Gasteiger partial charge is 0.493 e. The van der Waals surface area contributed by atoms with Crippen LogP contribution in [0.25, 0.3) is 0 Å². The van der Waals surface area contributed by atoms with Crippen molar-refractivity contribution in [3.05, 3.63) is 59.7 Å². The zero-order chi connectivity index (χ0) is 15.1. The van der Waals surface area contributed by atoms with E-state index in [1.807, 2.05) is 55.5 Å². The molecule has 1 N–H and O–H groups in total. The number of hydrogen-bond acceptors (Lipinski definition) is 2. The predicted octanol–water partition coefficient (Wildman–Crippen LogP) is 4.14. The maximum atomic E-state index is 11.8. The predicted molar refractivity (Wildman–Crippen MR) is 85.9 cm³/mol. The highest BCUT2D eigenvalue weighted by atomic mass is 35.5. The average Bonchev–Trinajstić information content (AvgIpc) is 2.48. The molecule has 0 saturated carbocycles. The van der Waals surface area contributed by atoms with Gasteiger partial charge in [0.05, 0.1) is 13.0 Å². The summed E-state index contributed by atoms with van der Waals surface area (Å²) in [6, 6.07) is 15.2. The van der Waals surface area contributed by atoms with Gasteiger partial charge in [-0.3, -0.25) is 4.79 Å². The molecule has 0 heterocycles. The first kappa shape index (κ1) is 15.4. The van der Waals surface area contributed by atoms with Crippen LogP contribution in [0.1, 0.15) is 17.5 Å². The lowest BCUT2D eigenvalue weighted by Crippen LogP contribution is -2.15. The molecule has 0 aliphatic rings. The molecule has 4 heteroatoms. The molecule has 0 fully saturated rings. The van der Waals surface area contributed by atoms with Crippen LogP contribution in [0, 0.1) is 6.92 Å². The van der Waals surface area contributed by atoms with Gasteiger partial charge in [0.2, 0.25) is 5.91 Å². The van der Waals surface area contributed by atoms with Gasteiger partial charge < -0.3 is 10.1 Å². The van der Waals surface area contributed by atoms with Crippen LogP contribution in [0.2, 0.25) is 0 Å². The monoisotopic (exact) mass is 303 g/mol. The highest BCUT2D eigenvalue weighted by molar-refractivity contribution is 6.17. The van der Waals surface area contributed by atoms with Crippen LogP contribution in [-0.4, -0.2) is 12.5 Å². The smallest absolute Gasteiger partial charge is 0.227 e. The van der Waals surface area contributed by atoms with Crippen molar-refractivity contribution in [3.8, 4) is 5.75 Å². The van der Waals surface area contributed by atoms with E-state index >= 15 is 0 Å². The number of carbonyl (C=O) groups excluding carboxylic acids is 1. The van der Waals surface area contributed by atoms with Gasteiger partial charge in [0, 0.05) is 11.6 Å². The maximum absolute atomic E-state index is 11.8. The number of amides is 1. The Hall–Kier alpha value is -2.00. The van der Waals surface area contributed by atoms with Gasteiger partial charge in [0.1, 0.15) is 5.75 Å². The van der Waals surface area contributed by atoms with Gasteiger partial charge in [0.15, 0.2) is 0 Å². The molecule has 0 unspecified atom stereocenters. The summed E-state index contributed by atoms with van der Waals surface area (Å²) in [5.74, 6) is 1.19. The molecule has 21 heavy (non-hydrogen) atoms. The number of halogens is 1. The molecule has 2 aromatic carbocycles. The van der Waals surface area contributed by atoms with E-state index in [9.17, 15) is 4.79 Å². The maximum Gasteiger partial charge on any atom is 0.227 e. The SMILES string of the molecule is Cc1cccc(OCCC(=O)Nc2ccc(CCl)cc2)c1. The number of ether oxygens (including phenoxy) is 1. The van der Waals surface area contributed by atoms with E-state index in [2.05, 4.69) is 5.32 Å². The number of carbonyl (C=O) groups is 1. The molecule has 3 nitrogen and oxygen atoms in total. The highest BCUT2D eigenvalue weighted by Crippen LogP contribution is 2.13. The van der Waals surface area contributed by atoms with E-state index in [4.69, 9.17) is 16.3 Å². The van der Waals surface area contributed by atoms with Crippen molar-refractivity contribution in [1.29, 1.82) is 0 Å². The molecule has 2 rings (SSSR count). The van der Waals surface area contributed by atoms with E-state index in [1.165, 1.54) is 0 Å². The van der Waals surface area contributed by atoms with Crippen LogP contribution in [0.3, 0.4) is 0 Å². The van der Waals surface area contributed by atoms with E-state index < -0.39 is 0 Å². The Labute approximate surface area is 129 Å². The first-order chi connectivity index (χ1) is 10.2. The summed E-state index contributed by atoms with van der Waals surface area (Å²) in [5, 5.41) is 2.83. The number of nitrogens with one attached hydrogen (secondary N) is 1. The third-order valence-corrected chi connectivity index (χ3v) is 3.29. The van der Waals surface area contributed by atoms with Gasteiger partial charge in [0.25, 0.3) is 0 Å². The molecular formula is C17H18ClNO2. The fraction of sp³-hybridized carbons (Fsp3) is 0.235. The van der Waals surface area contributed by atoms with Crippen molar-refractivity contribution in [2.45, 2.75) is 19.2 Å². The molecule has 1 amide bonds. The molecule has 0 saturated heterocycles. The second-order valence-corrected chi connectivity index (χ2v) is 5.06. The molecule has 0 atom stereocenters. The molecular weight excluding hydrogens is 286 g/mol. The number of anilines is 1. The zero-order valence-electron chi connectivity index (χ0n) is 11.9. The summed E-state index contributed by atoms with van der Waals surface area (Å²) in [6.45, 7) is 2.36. The van der Waals surface area contributed by atoms with Crippen LogP contribution >= 0.6 is 11.6 Å². The third kappa shape index (κ3) is 5.12. The average molecular weight is 304 g/mol. The molecule has 0 aliphatic heterocycles. The van der Waals surface area contributed by atoms with Gasteiger partial charge in [-0.2, -0.15) is 0 Å². The van der Waals surface area contributed by atoms with Crippen molar-refractivity contribution in [3.63, 3.8) is 0 Å². The van der Waals surface area contributed by atoms with Crippen molar-refractivity contribution in [2.75, 3.05) is 11.9 Å². The number of aryl methyl sites for hydroxylation is 1. The van der Waals surface area contributed by atoms with Crippen LogP contribution in [0.15, 0.2) is 48.5 Å². The summed E-state index contributed by atoms with van der Waals surface area (Å²) < 4.78 is 5.55. The second-order valence-electron chi connectivity index (χ2n) is 4.79. The molecule has 0 radical (unpaired) electrons. The number of hydrogen-bond donors (Lipinski definition) is 1. The lowest BCUT2D eigenvalue weighted by Gasteiger charge is -2.08. The van der Waals surface area contributed by atoms with E-state index in [0.29, 0.717) is 18.9 Å². The summed E-state index contributed by atoms with van der Waals surface area (Å²) >= 11 is 5.72. The van der Waals surface area contributed by atoms with Crippen molar-refractivity contribution >= 4 is 23.2 Å². The molecule has 110 valence electrons. The summed E-state index contributed by atoms with van der Waals surface area (Å²) in [4.78, 5) is 11.8. The molecule has 2 aromatic rings. The number of benzene rings is 2. The Kier molecular flexibility index (Phi) is 5.64. The van der Waals surface area contributed by atoms with E-state index in [1.54, 1.807) is 0 Å². The van der Waals surface area contributed by atoms with E-state index in [-0.39, 0.29) is 5.91 Å². The fourth-order valence-corrected chi connectivity index (χ4v) is 2.05. The molecule has 0 aliphatic carbocycles. The van der Waals surface area contributed by atoms with Gasteiger partial charge in [-0.1, -0.05) is 24.3 Å². The lowest BCUT2D eigenvalue weighted by atomic mass is 10.2.